The minimum atomic E-state index is -0.684. The zero-order valence-electron chi connectivity index (χ0n) is 11.7. The van der Waals surface area contributed by atoms with E-state index in [0.717, 1.165) is 11.6 Å². The first kappa shape index (κ1) is 17.1. The Labute approximate surface area is 143 Å². The van der Waals surface area contributed by atoms with Crippen molar-refractivity contribution < 1.29 is 9.18 Å². The number of carbonyl (C=O) groups excluding carboxylic acids is 1. The lowest BCUT2D eigenvalue weighted by Gasteiger charge is -2.18. The van der Waals surface area contributed by atoms with Crippen LogP contribution in [0.1, 0.15) is 35.3 Å². The van der Waals surface area contributed by atoms with Gasteiger partial charge >= 0.3 is 0 Å². The van der Waals surface area contributed by atoms with Gasteiger partial charge in [-0.05, 0) is 36.2 Å². The summed E-state index contributed by atoms with van der Waals surface area (Å²) >= 11 is 17.4. The molecule has 0 heterocycles. The molecule has 0 spiro atoms. The maximum Gasteiger partial charge on any atom is 0.253 e. The molecule has 116 valence electrons. The van der Waals surface area contributed by atoms with E-state index in [1.807, 2.05) is 19.1 Å². The molecule has 0 aliphatic rings. The number of nitrogens with one attached hydrogen (secondary N) is 1. The van der Waals surface area contributed by atoms with E-state index in [4.69, 9.17) is 34.8 Å². The number of benzene rings is 2. The molecule has 0 saturated heterocycles. The lowest BCUT2D eigenvalue weighted by Crippen LogP contribution is -2.28. The maximum atomic E-state index is 13.5. The lowest BCUT2D eigenvalue weighted by molar-refractivity contribution is 0.0935. The Bertz CT molecular complexity index is 689. The van der Waals surface area contributed by atoms with Crippen LogP contribution < -0.4 is 5.32 Å². The van der Waals surface area contributed by atoms with E-state index in [1.165, 1.54) is 6.07 Å². The normalized spacial score (nSPS) is 12.0. The summed E-state index contributed by atoms with van der Waals surface area (Å²) in [5.74, 6) is -1.14. The third-order valence-electron chi connectivity index (χ3n) is 3.24. The molecule has 22 heavy (non-hydrogen) atoms. The average molecular weight is 361 g/mol. The highest BCUT2D eigenvalue weighted by Gasteiger charge is 2.18. The van der Waals surface area contributed by atoms with Gasteiger partial charge in [0, 0.05) is 5.02 Å². The zero-order valence-corrected chi connectivity index (χ0v) is 13.9. The third kappa shape index (κ3) is 3.92. The van der Waals surface area contributed by atoms with Crippen molar-refractivity contribution in [2.24, 2.45) is 0 Å². The number of carbonyl (C=O) groups is 1. The van der Waals surface area contributed by atoms with Crippen molar-refractivity contribution >= 4 is 40.7 Å². The van der Waals surface area contributed by atoms with E-state index in [2.05, 4.69) is 5.32 Å². The highest BCUT2D eigenvalue weighted by molar-refractivity contribution is 6.36. The van der Waals surface area contributed by atoms with Crippen molar-refractivity contribution in [2.45, 2.75) is 19.4 Å². The maximum absolute atomic E-state index is 13.5. The SMILES string of the molecule is CCC(NC(=O)c1cc(F)c(Cl)cc1Cl)c1ccc(Cl)cc1. The van der Waals surface area contributed by atoms with Gasteiger partial charge in [0.05, 0.1) is 21.7 Å². The molecule has 2 rings (SSSR count). The van der Waals surface area contributed by atoms with Gasteiger partial charge in [-0.3, -0.25) is 4.79 Å². The molecule has 0 fully saturated rings. The molecule has 1 unspecified atom stereocenters. The highest BCUT2D eigenvalue weighted by atomic mass is 35.5. The minimum Gasteiger partial charge on any atom is -0.345 e. The number of hydrogen-bond donors (Lipinski definition) is 1. The summed E-state index contributed by atoms with van der Waals surface area (Å²) in [6, 6.07) is 9.20. The van der Waals surface area contributed by atoms with Crippen LogP contribution in [0.25, 0.3) is 0 Å². The number of halogens is 4. The fourth-order valence-corrected chi connectivity index (χ4v) is 2.64. The van der Waals surface area contributed by atoms with Crippen LogP contribution in [0.5, 0.6) is 0 Å². The fraction of sp³-hybridized carbons (Fsp3) is 0.188. The molecule has 2 aromatic rings. The quantitative estimate of drug-likeness (QED) is 0.700. The highest BCUT2D eigenvalue weighted by Crippen LogP contribution is 2.26. The van der Waals surface area contributed by atoms with Crippen LogP contribution in [0, 0.1) is 5.82 Å². The second-order valence-corrected chi connectivity index (χ2v) is 5.98. The molecule has 2 aromatic carbocycles. The Kier molecular flexibility index (Phi) is 5.68. The Hall–Kier alpha value is -1.29. The number of amides is 1. The van der Waals surface area contributed by atoms with E-state index < -0.39 is 11.7 Å². The summed E-state index contributed by atoms with van der Waals surface area (Å²) < 4.78 is 13.5. The van der Waals surface area contributed by atoms with Crippen LogP contribution in [0.15, 0.2) is 36.4 Å². The average Bonchev–Trinajstić information content (AvgIpc) is 2.49. The van der Waals surface area contributed by atoms with Crippen molar-refractivity contribution in [2.75, 3.05) is 0 Å². The molecule has 2 nitrogen and oxygen atoms in total. The van der Waals surface area contributed by atoms with Gasteiger partial charge in [0.1, 0.15) is 5.82 Å². The van der Waals surface area contributed by atoms with Crippen molar-refractivity contribution in [1.29, 1.82) is 0 Å². The molecule has 0 aliphatic carbocycles. The lowest BCUT2D eigenvalue weighted by atomic mass is 10.0. The van der Waals surface area contributed by atoms with E-state index in [0.29, 0.717) is 11.4 Å². The Balaban J connectivity index is 2.23. The van der Waals surface area contributed by atoms with Gasteiger partial charge < -0.3 is 5.32 Å². The van der Waals surface area contributed by atoms with Crippen molar-refractivity contribution in [3.63, 3.8) is 0 Å². The van der Waals surface area contributed by atoms with E-state index in [9.17, 15) is 9.18 Å². The molecule has 0 radical (unpaired) electrons. The molecule has 0 bridgehead atoms. The van der Waals surface area contributed by atoms with Crippen LogP contribution >= 0.6 is 34.8 Å². The molecule has 0 saturated carbocycles. The Morgan fingerprint density at radius 1 is 1.14 bits per heavy atom. The first-order valence-electron chi connectivity index (χ1n) is 6.63. The Morgan fingerprint density at radius 3 is 2.36 bits per heavy atom. The van der Waals surface area contributed by atoms with Crippen LogP contribution in [0.2, 0.25) is 15.1 Å². The summed E-state index contributed by atoms with van der Waals surface area (Å²) in [4.78, 5) is 12.3. The fourth-order valence-electron chi connectivity index (χ4n) is 2.05. The first-order valence-corrected chi connectivity index (χ1v) is 7.76. The van der Waals surface area contributed by atoms with Crippen molar-refractivity contribution in [3.05, 3.63) is 68.4 Å². The molecule has 1 N–H and O–H groups in total. The molecule has 1 amide bonds. The van der Waals surface area contributed by atoms with Gasteiger partial charge in [0.25, 0.3) is 5.91 Å². The van der Waals surface area contributed by atoms with Crippen LogP contribution in [-0.4, -0.2) is 5.91 Å². The largest absolute Gasteiger partial charge is 0.345 e. The van der Waals surface area contributed by atoms with Gasteiger partial charge in [-0.15, -0.1) is 0 Å². The zero-order chi connectivity index (χ0) is 16.3. The molecule has 0 aliphatic heterocycles. The topological polar surface area (TPSA) is 29.1 Å². The smallest absolute Gasteiger partial charge is 0.253 e. The van der Waals surface area contributed by atoms with Gasteiger partial charge in [-0.1, -0.05) is 53.9 Å². The van der Waals surface area contributed by atoms with Gasteiger partial charge in [0.15, 0.2) is 0 Å². The number of hydrogen-bond acceptors (Lipinski definition) is 1. The summed E-state index contributed by atoms with van der Waals surface area (Å²) in [5.41, 5.74) is 0.960. The van der Waals surface area contributed by atoms with Crippen LogP contribution in [-0.2, 0) is 0 Å². The van der Waals surface area contributed by atoms with Crippen LogP contribution in [0.4, 0.5) is 4.39 Å². The molecule has 1 atom stereocenters. The summed E-state index contributed by atoms with van der Waals surface area (Å²) in [6.45, 7) is 1.93. The summed E-state index contributed by atoms with van der Waals surface area (Å²) in [7, 11) is 0. The first-order chi connectivity index (χ1) is 10.4. The predicted molar refractivity (Wildman–Crippen MR) is 88.4 cm³/mol. The van der Waals surface area contributed by atoms with Crippen molar-refractivity contribution in [3.8, 4) is 0 Å². The third-order valence-corrected chi connectivity index (χ3v) is 4.09. The van der Waals surface area contributed by atoms with Crippen LogP contribution in [0.3, 0.4) is 0 Å². The molecular weight excluding hydrogens is 348 g/mol. The Morgan fingerprint density at radius 2 is 1.77 bits per heavy atom. The second kappa shape index (κ2) is 7.32. The van der Waals surface area contributed by atoms with E-state index >= 15 is 0 Å². The van der Waals surface area contributed by atoms with Gasteiger partial charge in [-0.2, -0.15) is 0 Å². The van der Waals surface area contributed by atoms with Crippen molar-refractivity contribution in [1.82, 2.24) is 5.32 Å². The standard InChI is InChI=1S/C16H13Cl3FNO/c1-2-15(9-3-5-10(17)6-4-9)21-16(22)11-7-14(20)13(19)8-12(11)18/h3-8,15H,2H2,1H3,(H,21,22). The molecular formula is C16H13Cl3FNO. The van der Waals surface area contributed by atoms with E-state index in [-0.39, 0.29) is 21.7 Å². The summed E-state index contributed by atoms with van der Waals surface area (Å²) in [5, 5.41) is 3.44. The second-order valence-electron chi connectivity index (χ2n) is 4.73. The molecule has 0 aromatic heterocycles. The van der Waals surface area contributed by atoms with Gasteiger partial charge in [-0.25, -0.2) is 4.39 Å². The predicted octanol–water partition coefficient (Wildman–Crippen LogP) is 5.67. The van der Waals surface area contributed by atoms with Gasteiger partial charge in [0.2, 0.25) is 0 Å². The number of rotatable bonds is 4. The van der Waals surface area contributed by atoms with E-state index in [1.54, 1.807) is 12.1 Å². The molecule has 6 heteroatoms. The monoisotopic (exact) mass is 359 g/mol. The minimum absolute atomic E-state index is 0.0518. The summed E-state index contributed by atoms with van der Waals surface area (Å²) in [6.07, 6.45) is 0.668.